The average molecular weight is 305 g/mol. The van der Waals surface area contributed by atoms with Crippen LogP contribution in [0.2, 0.25) is 0 Å². The quantitative estimate of drug-likeness (QED) is 0.744. The third kappa shape index (κ3) is 2.59. The number of nitrogens with zero attached hydrogens (tertiary/aromatic N) is 5. The molecule has 0 radical (unpaired) electrons. The Balaban J connectivity index is 1.53. The minimum Gasteiger partial charge on any atom is -0.271 e. The van der Waals surface area contributed by atoms with Crippen molar-refractivity contribution < 1.29 is 4.79 Å². The summed E-state index contributed by atoms with van der Waals surface area (Å²) in [7, 11) is 0. The van der Waals surface area contributed by atoms with Crippen LogP contribution in [0, 0.1) is 0 Å². The minimum atomic E-state index is -0.0772. The topological polar surface area (TPSA) is 63.4 Å². The third-order valence-corrected chi connectivity index (χ3v) is 3.90. The maximum atomic E-state index is 12.5. The van der Waals surface area contributed by atoms with E-state index in [0.29, 0.717) is 6.54 Å². The summed E-state index contributed by atoms with van der Waals surface area (Å²) in [5.74, 6) is -0.0772. The Hall–Kier alpha value is -3.02. The maximum Gasteiger partial charge on any atom is 0.264 e. The summed E-state index contributed by atoms with van der Waals surface area (Å²) in [4.78, 5) is 12.5. The molecule has 0 bridgehead atoms. The van der Waals surface area contributed by atoms with E-state index in [1.165, 1.54) is 5.01 Å². The van der Waals surface area contributed by atoms with Gasteiger partial charge < -0.3 is 0 Å². The second-order valence-electron chi connectivity index (χ2n) is 5.42. The monoisotopic (exact) mass is 305 g/mol. The Morgan fingerprint density at radius 1 is 1.04 bits per heavy atom. The van der Waals surface area contributed by atoms with Crippen molar-refractivity contribution in [3.05, 3.63) is 60.2 Å². The molecule has 0 spiro atoms. The van der Waals surface area contributed by atoms with Gasteiger partial charge in [-0.3, -0.25) is 4.79 Å². The highest BCUT2D eigenvalue weighted by Gasteiger charge is 2.22. The highest BCUT2D eigenvalue weighted by Crippen LogP contribution is 2.15. The van der Waals surface area contributed by atoms with E-state index in [0.717, 1.165) is 28.7 Å². The molecule has 6 nitrogen and oxygen atoms in total. The first-order chi connectivity index (χ1) is 11.3. The van der Waals surface area contributed by atoms with Crippen LogP contribution >= 0.6 is 0 Å². The molecule has 0 atom stereocenters. The van der Waals surface area contributed by atoms with E-state index in [1.54, 1.807) is 4.68 Å². The molecule has 3 aromatic rings. The number of aromatic nitrogens is 3. The van der Waals surface area contributed by atoms with E-state index in [1.807, 2.05) is 54.6 Å². The number of hydrazone groups is 1. The van der Waals surface area contributed by atoms with Gasteiger partial charge in [-0.05, 0) is 17.7 Å². The van der Waals surface area contributed by atoms with E-state index in [9.17, 15) is 4.79 Å². The van der Waals surface area contributed by atoms with Gasteiger partial charge >= 0.3 is 0 Å². The van der Waals surface area contributed by atoms with Crippen LogP contribution in [0.3, 0.4) is 0 Å². The van der Waals surface area contributed by atoms with Crippen molar-refractivity contribution in [3.63, 3.8) is 0 Å². The molecule has 2 heterocycles. The SMILES string of the molecule is O=C(Cn1nnc2ccccc21)N1CCC(c2ccccc2)=N1. The number of hydrogen-bond acceptors (Lipinski definition) is 4. The van der Waals surface area contributed by atoms with Gasteiger partial charge in [-0.25, -0.2) is 9.69 Å². The van der Waals surface area contributed by atoms with Crippen LogP contribution in [0.25, 0.3) is 11.0 Å². The van der Waals surface area contributed by atoms with Crippen LogP contribution in [0.15, 0.2) is 59.7 Å². The number of carbonyl (C=O) groups is 1. The van der Waals surface area contributed by atoms with Gasteiger partial charge in [0, 0.05) is 6.42 Å². The Morgan fingerprint density at radius 3 is 2.70 bits per heavy atom. The highest BCUT2D eigenvalue weighted by atomic mass is 16.2. The second kappa shape index (κ2) is 5.64. The zero-order valence-electron chi connectivity index (χ0n) is 12.5. The molecule has 2 aromatic carbocycles. The zero-order chi connectivity index (χ0) is 15.6. The summed E-state index contributed by atoms with van der Waals surface area (Å²) in [5, 5.41) is 14.1. The summed E-state index contributed by atoms with van der Waals surface area (Å²) in [6, 6.07) is 17.5. The zero-order valence-corrected chi connectivity index (χ0v) is 12.5. The van der Waals surface area contributed by atoms with E-state index in [4.69, 9.17) is 0 Å². The largest absolute Gasteiger partial charge is 0.271 e. The predicted octanol–water partition coefficient (Wildman–Crippen LogP) is 2.07. The predicted molar refractivity (Wildman–Crippen MR) is 86.8 cm³/mol. The first kappa shape index (κ1) is 13.6. The molecule has 23 heavy (non-hydrogen) atoms. The summed E-state index contributed by atoms with van der Waals surface area (Å²) < 4.78 is 1.62. The summed E-state index contributed by atoms with van der Waals surface area (Å²) >= 11 is 0. The molecule has 1 aliphatic rings. The van der Waals surface area contributed by atoms with E-state index >= 15 is 0 Å². The van der Waals surface area contributed by atoms with Crippen molar-refractivity contribution in [1.29, 1.82) is 0 Å². The fourth-order valence-electron chi connectivity index (χ4n) is 2.71. The lowest BCUT2D eigenvalue weighted by atomic mass is 10.1. The molecule has 0 fully saturated rings. The number of amides is 1. The molecule has 1 aliphatic heterocycles. The molecule has 0 aliphatic carbocycles. The Bertz CT molecular complexity index is 884. The van der Waals surface area contributed by atoms with Gasteiger partial charge in [0.15, 0.2) is 0 Å². The highest BCUT2D eigenvalue weighted by molar-refractivity contribution is 6.02. The third-order valence-electron chi connectivity index (χ3n) is 3.90. The number of fused-ring (bicyclic) bond motifs is 1. The molecular formula is C17H15N5O. The summed E-state index contributed by atoms with van der Waals surface area (Å²) in [5.41, 5.74) is 3.65. The smallest absolute Gasteiger partial charge is 0.264 e. The van der Waals surface area contributed by atoms with Crippen molar-refractivity contribution in [2.75, 3.05) is 6.54 Å². The lowest BCUT2D eigenvalue weighted by Gasteiger charge is -2.11. The minimum absolute atomic E-state index is 0.0772. The summed E-state index contributed by atoms with van der Waals surface area (Å²) in [6.45, 7) is 0.752. The first-order valence-electron chi connectivity index (χ1n) is 7.53. The Labute approximate surface area is 133 Å². The van der Waals surface area contributed by atoms with Gasteiger partial charge in [0.1, 0.15) is 12.1 Å². The van der Waals surface area contributed by atoms with Crippen LogP contribution in [0.5, 0.6) is 0 Å². The average Bonchev–Trinajstić information content (AvgIpc) is 3.24. The molecular weight excluding hydrogens is 290 g/mol. The number of carbonyl (C=O) groups excluding carboxylic acids is 1. The number of rotatable bonds is 3. The molecule has 4 rings (SSSR count). The van der Waals surface area contributed by atoms with E-state index in [-0.39, 0.29) is 12.5 Å². The second-order valence-corrected chi connectivity index (χ2v) is 5.42. The normalized spacial score (nSPS) is 14.3. The molecule has 0 saturated carbocycles. The number of para-hydroxylation sites is 1. The fraction of sp³-hybridized carbons (Fsp3) is 0.176. The molecule has 0 saturated heterocycles. The van der Waals surface area contributed by atoms with E-state index in [2.05, 4.69) is 15.4 Å². The fourth-order valence-corrected chi connectivity index (χ4v) is 2.71. The van der Waals surface area contributed by atoms with Crippen LogP contribution in [0.4, 0.5) is 0 Å². The van der Waals surface area contributed by atoms with Gasteiger partial charge in [-0.2, -0.15) is 5.10 Å². The molecule has 1 aromatic heterocycles. The molecule has 1 amide bonds. The van der Waals surface area contributed by atoms with Gasteiger partial charge in [0.2, 0.25) is 0 Å². The van der Waals surface area contributed by atoms with Gasteiger partial charge in [-0.1, -0.05) is 47.7 Å². The number of benzene rings is 2. The van der Waals surface area contributed by atoms with E-state index < -0.39 is 0 Å². The van der Waals surface area contributed by atoms with Crippen molar-refractivity contribution in [1.82, 2.24) is 20.0 Å². The van der Waals surface area contributed by atoms with Crippen LogP contribution in [0.1, 0.15) is 12.0 Å². The van der Waals surface area contributed by atoms with Gasteiger partial charge in [-0.15, -0.1) is 5.10 Å². The molecule has 0 unspecified atom stereocenters. The van der Waals surface area contributed by atoms with Crippen LogP contribution in [-0.2, 0) is 11.3 Å². The lowest BCUT2D eigenvalue weighted by Crippen LogP contribution is -2.28. The van der Waals surface area contributed by atoms with Crippen molar-refractivity contribution >= 4 is 22.7 Å². The first-order valence-corrected chi connectivity index (χ1v) is 7.53. The van der Waals surface area contributed by atoms with Crippen molar-refractivity contribution in [3.8, 4) is 0 Å². The molecule has 0 N–H and O–H groups in total. The standard InChI is InChI=1S/C17H15N5O/c23-17(12-22-16-9-5-4-8-15(16)18-20-22)21-11-10-14(19-21)13-6-2-1-3-7-13/h1-9H,10-12H2. The van der Waals surface area contributed by atoms with Crippen LogP contribution in [-0.4, -0.2) is 38.2 Å². The van der Waals surface area contributed by atoms with Crippen molar-refractivity contribution in [2.24, 2.45) is 5.10 Å². The van der Waals surface area contributed by atoms with Crippen LogP contribution < -0.4 is 0 Å². The lowest BCUT2D eigenvalue weighted by molar-refractivity contribution is -0.131. The summed E-state index contributed by atoms with van der Waals surface area (Å²) in [6.07, 6.45) is 0.772. The van der Waals surface area contributed by atoms with Gasteiger partial charge in [0.05, 0.1) is 17.8 Å². The molecule has 114 valence electrons. The Kier molecular flexibility index (Phi) is 3.34. The molecule has 6 heteroatoms. The van der Waals surface area contributed by atoms with Gasteiger partial charge in [0.25, 0.3) is 5.91 Å². The number of hydrogen-bond donors (Lipinski definition) is 0. The van der Waals surface area contributed by atoms with Crippen molar-refractivity contribution in [2.45, 2.75) is 13.0 Å². The maximum absolute atomic E-state index is 12.5. The Morgan fingerprint density at radius 2 is 1.83 bits per heavy atom.